The highest BCUT2D eigenvalue weighted by Crippen LogP contribution is 2.48. The number of oxime groups is 1. The predicted molar refractivity (Wildman–Crippen MR) is 74.0 cm³/mol. The van der Waals surface area contributed by atoms with Gasteiger partial charge in [0.25, 0.3) is 0 Å². The molecule has 0 radical (unpaired) electrons. The standard InChI is InChI=1S/C14H21N3O/c1-2-11-3-5-12(6-4-11)16-10-14(7-8-14)9-13(15)17-18/h3-6,16,18H,2,7-10H2,1H3,(H2,15,17). The monoisotopic (exact) mass is 247 g/mol. The van der Waals surface area contributed by atoms with Crippen molar-refractivity contribution in [1.82, 2.24) is 0 Å². The molecule has 1 saturated carbocycles. The molecule has 1 aliphatic rings. The van der Waals surface area contributed by atoms with Gasteiger partial charge in [-0.05, 0) is 42.4 Å². The maximum Gasteiger partial charge on any atom is 0.139 e. The number of aryl methyl sites for hydroxylation is 1. The fraction of sp³-hybridized carbons (Fsp3) is 0.500. The Morgan fingerprint density at radius 2 is 2.06 bits per heavy atom. The Balaban J connectivity index is 1.87. The van der Waals surface area contributed by atoms with Crippen LogP contribution >= 0.6 is 0 Å². The summed E-state index contributed by atoms with van der Waals surface area (Å²) in [7, 11) is 0. The fourth-order valence-corrected chi connectivity index (χ4v) is 2.16. The van der Waals surface area contributed by atoms with Crippen LogP contribution in [0.1, 0.15) is 31.7 Å². The molecule has 0 unspecified atom stereocenters. The van der Waals surface area contributed by atoms with Gasteiger partial charge in [-0.15, -0.1) is 0 Å². The van der Waals surface area contributed by atoms with Gasteiger partial charge < -0.3 is 16.3 Å². The summed E-state index contributed by atoms with van der Waals surface area (Å²) in [6, 6.07) is 8.51. The van der Waals surface area contributed by atoms with Crippen molar-refractivity contribution in [3.63, 3.8) is 0 Å². The highest BCUT2D eigenvalue weighted by molar-refractivity contribution is 5.80. The zero-order valence-corrected chi connectivity index (χ0v) is 10.8. The lowest BCUT2D eigenvalue weighted by Crippen LogP contribution is -2.23. The average Bonchev–Trinajstić information content (AvgIpc) is 3.17. The topological polar surface area (TPSA) is 70.6 Å². The fourth-order valence-electron chi connectivity index (χ4n) is 2.16. The van der Waals surface area contributed by atoms with E-state index in [9.17, 15) is 0 Å². The summed E-state index contributed by atoms with van der Waals surface area (Å²) in [5, 5.41) is 15.1. The van der Waals surface area contributed by atoms with Gasteiger partial charge in [0.1, 0.15) is 5.84 Å². The van der Waals surface area contributed by atoms with Gasteiger partial charge in [0, 0.05) is 18.7 Å². The molecular weight excluding hydrogens is 226 g/mol. The van der Waals surface area contributed by atoms with Crippen LogP contribution in [0.2, 0.25) is 0 Å². The second-order valence-electron chi connectivity index (χ2n) is 5.17. The number of anilines is 1. The van der Waals surface area contributed by atoms with Crippen LogP contribution in [0.5, 0.6) is 0 Å². The maximum atomic E-state index is 8.61. The van der Waals surface area contributed by atoms with Gasteiger partial charge >= 0.3 is 0 Å². The summed E-state index contributed by atoms with van der Waals surface area (Å²) >= 11 is 0. The van der Waals surface area contributed by atoms with Crippen molar-refractivity contribution in [2.45, 2.75) is 32.6 Å². The molecule has 0 bridgehead atoms. The van der Waals surface area contributed by atoms with Crippen LogP contribution in [0.15, 0.2) is 29.4 Å². The van der Waals surface area contributed by atoms with E-state index in [4.69, 9.17) is 10.9 Å². The first-order chi connectivity index (χ1) is 8.67. The molecule has 0 aliphatic heterocycles. The molecule has 0 saturated heterocycles. The molecule has 4 heteroatoms. The Labute approximate surface area is 108 Å². The van der Waals surface area contributed by atoms with Gasteiger partial charge in [-0.25, -0.2) is 0 Å². The van der Waals surface area contributed by atoms with E-state index in [0.29, 0.717) is 12.3 Å². The molecule has 2 rings (SSSR count). The second kappa shape index (κ2) is 5.29. The first-order valence-electron chi connectivity index (χ1n) is 6.47. The maximum absolute atomic E-state index is 8.61. The van der Waals surface area contributed by atoms with Gasteiger partial charge in [-0.3, -0.25) is 0 Å². The Morgan fingerprint density at radius 1 is 1.39 bits per heavy atom. The molecule has 4 N–H and O–H groups in total. The minimum absolute atomic E-state index is 0.194. The van der Waals surface area contributed by atoms with Crippen molar-refractivity contribution in [2.24, 2.45) is 16.3 Å². The van der Waals surface area contributed by atoms with Crippen molar-refractivity contribution in [3.8, 4) is 0 Å². The minimum atomic E-state index is 0.194. The Morgan fingerprint density at radius 3 is 2.56 bits per heavy atom. The second-order valence-corrected chi connectivity index (χ2v) is 5.17. The van der Waals surface area contributed by atoms with E-state index in [1.54, 1.807) is 0 Å². The molecule has 18 heavy (non-hydrogen) atoms. The van der Waals surface area contributed by atoms with Crippen LogP contribution in [0.25, 0.3) is 0 Å². The van der Waals surface area contributed by atoms with Crippen LogP contribution in [0.4, 0.5) is 5.69 Å². The van der Waals surface area contributed by atoms with E-state index >= 15 is 0 Å². The minimum Gasteiger partial charge on any atom is -0.409 e. The summed E-state index contributed by atoms with van der Waals surface area (Å²) in [5.74, 6) is 0.329. The lowest BCUT2D eigenvalue weighted by molar-refractivity contribution is 0.315. The van der Waals surface area contributed by atoms with Crippen molar-refractivity contribution in [2.75, 3.05) is 11.9 Å². The van der Waals surface area contributed by atoms with Crippen LogP contribution in [-0.2, 0) is 6.42 Å². The van der Waals surface area contributed by atoms with Gasteiger partial charge in [-0.1, -0.05) is 24.2 Å². The third-order valence-corrected chi connectivity index (χ3v) is 3.67. The molecule has 0 spiro atoms. The molecule has 1 aromatic carbocycles. The summed E-state index contributed by atoms with van der Waals surface area (Å²) in [6.45, 7) is 3.04. The number of nitrogens with one attached hydrogen (secondary N) is 1. The molecule has 4 nitrogen and oxygen atoms in total. The quantitative estimate of drug-likeness (QED) is 0.313. The molecule has 0 amide bonds. The van der Waals surface area contributed by atoms with E-state index in [1.807, 2.05) is 0 Å². The number of amidine groups is 1. The summed E-state index contributed by atoms with van der Waals surface area (Å²) in [5.41, 5.74) is 8.26. The van der Waals surface area contributed by atoms with Gasteiger partial charge in [-0.2, -0.15) is 0 Å². The average molecular weight is 247 g/mol. The molecular formula is C14H21N3O. The number of benzene rings is 1. The lowest BCUT2D eigenvalue weighted by atomic mass is 10.0. The lowest BCUT2D eigenvalue weighted by Gasteiger charge is -2.16. The highest BCUT2D eigenvalue weighted by atomic mass is 16.4. The Kier molecular flexibility index (Phi) is 3.75. The zero-order chi connectivity index (χ0) is 13.0. The van der Waals surface area contributed by atoms with Gasteiger partial charge in [0.15, 0.2) is 0 Å². The Bertz CT molecular complexity index is 421. The van der Waals surface area contributed by atoms with Crippen LogP contribution in [0, 0.1) is 5.41 Å². The molecule has 0 heterocycles. The molecule has 0 aromatic heterocycles. The summed E-state index contributed by atoms with van der Waals surface area (Å²) in [4.78, 5) is 0. The van der Waals surface area contributed by atoms with Crippen LogP contribution < -0.4 is 11.1 Å². The largest absolute Gasteiger partial charge is 0.409 e. The van der Waals surface area contributed by atoms with Crippen LogP contribution in [-0.4, -0.2) is 17.6 Å². The van der Waals surface area contributed by atoms with Gasteiger partial charge in [0.05, 0.1) is 0 Å². The Hall–Kier alpha value is -1.71. The molecule has 1 aliphatic carbocycles. The highest BCUT2D eigenvalue weighted by Gasteiger charge is 2.43. The predicted octanol–water partition coefficient (Wildman–Crippen LogP) is 2.58. The van der Waals surface area contributed by atoms with E-state index < -0.39 is 0 Å². The first-order valence-corrected chi connectivity index (χ1v) is 6.47. The van der Waals surface area contributed by atoms with E-state index in [2.05, 4.69) is 41.7 Å². The van der Waals surface area contributed by atoms with Crippen LogP contribution in [0.3, 0.4) is 0 Å². The first kappa shape index (κ1) is 12.7. The van der Waals surface area contributed by atoms with E-state index in [-0.39, 0.29) is 5.41 Å². The normalized spacial score (nSPS) is 17.5. The zero-order valence-electron chi connectivity index (χ0n) is 10.8. The van der Waals surface area contributed by atoms with Crippen molar-refractivity contribution < 1.29 is 5.21 Å². The smallest absolute Gasteiger partial charge is 0.139 e. The summed E-state index contributed by atoms with van der Waals surface area (Å²) in [6.07, 6.45) is 4.02. The van der Waals surface area contributed by atoms with E-state index in [1.165, 1.54) is 5.56 Å². The number of rotatable bonds is 6. The SMILES string of the molecule is CCc1ccc(NCC2(CC(N)=NO)CC2)cc1. The van der Waals surface area contributed by atoms with E-state index in [0.717, 1.165) is 31.5 Å². The molecule has 1 aromatic rings. The molecule has 0 atom stereocenters. The number of hydrogen-bond acceptors (Lipinski definition) is 3. The number of hydrogen-bond donors (Lipinski definition) is 3. The number of nitrogens with zero attached hydrogens (tertiary/aromatic N) is 1. The van der Waals surface area contributed by atoms with Crippen molar-refractivity contribution >= 4 is 11.5 Å². The third kappa shape index (κ3) is 3.15. The summed E-state index contributed by atoms with van der Waals surface area (Å²) < 4.78 is 0. The number of nitrogens with two attached hydrogens (primary N) is 1. The van der Waals surface area contributed by atoms with Crippen molar-refractivity contribution in [1.29, 1.82) is 0 Å². The van der Waals surface area contributed by atoms with Crippen molar-refractivity contribution in [3.05, 3.63) is 29.8 Å². The molecule has 98 valence electrons. The molecule has 1 fully saturated rings. The van der Waals surface area contributed by atoms with Gasteiger partial charge in [0.2, 0.25) is 0 Å². The third-order valence-electron chi connectivity index (χ3n) is 3.67.